The summed E-state index contributed by atoms with van der Waals surface area (Å²) in [5, 5.41) is 0. The number of ether oxygens (including phenoxy) is 1. The summed E-state index contributed by atoms with van der Waals surface area (Å²) in [5.74, 6) is 0.501. The quantitative estimate of drug-likeness (QED) is 0.788. The zero-order valence-electron chi connectivity index (χ0n) is 10.8. The fraction of sp³-hybridized carbons (Fsp3) is 0.235. The number of carbonyl (C=O) groups excluding carboxylic acids is 1. The van der Waals surface area contributed by atoms with Crippen LogP contribution >= 0.6 is 15.9 Å². The Balaban J connectivity index is 1.91. The lowest BCUT2D eigenvalue weighted by Crippen LogP contribution is -2.39. The van der Waals surface area contributed by atoms with Gasteiger partial charge in [0, 0.05) is 21.9 Å². The molecule has 1 aliphatic heterocycles. The summed E-state index contributed by atoms with van der Waals surface area (Å²) in [4.78, 5) is 12.1. The first kappa shape index (κ1) is 12.3. The van der Waals surface area contributed by atoms with E-state index in [2.05, 4.69) is 34.1 Å². The van der Waals surface area contributed by atoms with Crippen LogP contribution in [0.4, 0.5) is 0 Å². The minimum Gasteiger partial charge on any atom is -0.365 e. The van der Waals surface area contributed by atoms with Gasteiger partial charge in [0.25, 0.3) is 0 Å². The zero-order chi connectivity index (χ0) is 13.7. The van der Waals surface area contributed by atoms with Gasteiger partial charge < -0.3 is 4.74 Å². The third kappa shape index (κ3) is 1.57. The first-order valence-corrected chi connectivity index (χ1v) is 7.52. The Labute approximate surface area is 126 Å². The summed E-state index contributed by atoms with van der Waals surface area (Å²) >= 11 is 3.46. The van der Waals surface area contributed by atoms with Crippen molar-refractivity contribution in [3.8, 4) is 0 Å². The molecule has 0 aromatic heterocycles. The summed E-state index contributed by atoms with van der Waals surface area (Å²) in [6.07, 6.45) is 9.68. The van der Waals surface area contributed by atoms with Crippen molar-refractivity contribution in [1.82, 2.24) is 0 Å². The number of ketones is 1. The standard InChI is InChI=1S/C17H13BrO2/c18-13-6-4-12(5-7-13)17-9-8-15(19)14-3-1-2-11(10-20-17)16(14)17/h1-9,11,16H,10H2/t11-,16+,17+/m0/s1. The van der Waals surface area contributed by atoms with Crippen molar-refractivity contribution in [2.45, 2.75) is 5.60 Å². The second-order valence-corrected chi connectivity index (χ2v) is 6.37. The minimum atomic E-state index is -0.490. The van der Waals surface area contributed by atoms with Gasteiger partial charge in [-0.25, -0.2) is 0 Å². The molecule has 3 atom stereocenters. The molecule has 0 amide bonds. The van der Waals surface area contributed by atoms with Crippen molar-refractivity contribution in [1.29, 1.82) is 0 Å². The van der Waals surface area contributed by atoms with Gasteiger partial charge >= 0.3 is 0 Å². The summed E-state index contributed by atoms with van der Waals surface area (Å²) in [6.45, 7) is 0.659. The molecule has 0 spiro atoms. The van der Waals surface area contributed by atoms with Gasteiger partial charge in [0.1, 0.15) is 5.60 Å². The first-order chi connectivity index (χ1) is 9.71. The summed E-state index contributed by atoms with van der Waals surface area (Å²) in [5.41, 5.74) is 1.49. The second-order valence-electron chi connectivity index (χ2n) is 5.46. The molecule has 2 aliphatic carbocycles. The van der Waals surface area contributed by atoms with Crippen LogP contribution < -0.4 is 0 Å². The van der Waals surface area contributed by atoms with Gasteiger partial charge in [-0.05, 0) is 29.8 Å². The lowest BCUT2D eigenvalue weighted by atomic mass is 9.67. The van der Waals surface area contributed by atoms with E-state index < -0.39 is 5.60 Å². The molecule has 0 radical (unpaired) electrons. The molecule has 0 unspecified atom stereocenters. The van der Waals surface area contributed by atoms with E-state index in [4.69, 9.17) is 4.74 Å². The maximum absolute atomic E-state index is 12.1. The van der Waals surface area contributed by atoms with Crippen molar-refractivity contribution >= 4 is 21.7 Å². The average molecular weight is 329 g/mol. The van der Waals surface area contributed by atoms with Crippen LogP contribution in [-0.2, 0) is 15.1 Å². The van der Waals surface area contributed by atoms with Gasteiger partial charge in [-0.1, -0.05) is 46.3 Å². The third-order valence-corrected chi connectivity index (χ3v) is 4.96. The predicted octanol–water partition coefficient (Wildman–Crippen LogP) is 3.54. The van der Waals surface area contributed by atoms with Crippen LogP contribution in [0.15, 0.2) is 64.7 Å². The molecule has 1 heterocycles. The Morgan fingerprint density at radius 1 is 1.25 bits per heavy atom. The minimum absolute atomic E-state index is 0.103. The fourth-order valence-corrected chi connectivity index (χ4v) is 3.79. The number of hydrogen-bond acceptors (Lipinski definition) is 2. The normalized spacial score (nSPS) is 34.0. The number of halogens is 1. The van der Waals surface area contributed by atoms with E-state index in [-0.39, 0.29) is 17.6 Å². The van der Waals surface area contributed by atoms with Crippen LogP contribution in [0.1, 0.15) is 5.56 Å². The number of hydrogen-bond donors (Lipinski definition) is 0. The molecule has 0 saturated carbocycles. The summed E-state index contributed by atoms with van der Waals surface area (Å²) < 4.78 is 7.23. The Hall–Kier alpha value is -1.45. The maximum Gasteiger partial charge on any atom is 0.182 e. The Kier molecular flexibility index (Phi) is 2.63. The van der Waals surface area contributed by atoms with E-state index >= 15 is 0 Å². The number of allylic oxidation sites excluding steroid dienone is 3. The highest BCUT2D eigenvalue weighted by Gasteiger charge is 2.53. The van der Waals surface area contributed by atoms with E-state index in [1.54, 1.807) is 6.08 Å². The molecule has 1 aromatic carbocycles. The van der Waals surface area contributed by atoms with E-state index in [1.807, 2.05) is 30.4 Å². The molecule has 1 aromatic rings. The van der Waals surface area contributed by atoms with Crippen LogP contribution in [0.2, 0.25) is 0 Å². The molecule has 3 heteroatoms. The van der Waals surface area contributed by atoms with E-state index in [0.717, 1.165) is 15.6 Å². The molecule has 1 fully saturated rings. The van der Waals surface area contributed by atoms with Gasteiger partial charge in [0.15, 0.2) is 5.78 Å². The predicted molar refractivity (Wildman–Crippen MR) is 80.1 cm³/mol. The van der Waals surface area contributed by atoms with E-state index in [9.17, 15) is 4.79 Å². The van der Waals surface area contributed by atoms with Gasteiger partial charge in [0.05, 0.1) is 6.61 Å². The Bertz CT molecular complexity index is 669. The second kappa shape index (κ2) is 4.27. The van der Waals surface area contributed by atoms with Crippen LogP contribution in [0.3, 0.4) is 0 Å². The molecule has 0 N–H and O–H groups in total. The number of benzene rings is 1. The molecule has 3 aliphatic rings. The van der Waals surface area contributed by atoms with Crippen LogP contribution in [0, 0.1) is 11.8 Å². The van der Waals surface area contributed by atoms with Crippen molar-refractivity contribution in [3.63, 3.8) is 0 Å². The van der Waals surface area contributed by atoms with Crippen molar-refractivity contribution in [3.05, 3.63) is 70.3 Å². The topological polar surface area (TPSA) is 26.3 Å². The highest BCUT2D eigenvalue weighted by molar-refractivity contribution is 9.10. The SMILES string of the molecule is O=C1C=C[C@]2(c3ccc(Br)cc3)OC[C@@H]3C=CC=C1[C@@H]32. The molecule has 2 nitrogen and oxygen atoms in total. The van der Waals surface area contributed by atoms with E-state index in [1.165, 1.54) is 0 Å². The molecular formula is C17H13BrO2. The molecule has 4 rings (SSSR count). The first-order valence-electron chi connectivity index (χ1n) is 6.73. The summed E-state index contributed by atoms with van der Waals surface area (Å²) in [7, 11) is 0. The van der Waals surface area contributed by atoms with Crippen LogP contribution in [-0.4, -0.2) is 12.4 Å². The van der Waals surface area contributed by atoms with Crippen molar-refractivity contribution in [2.24, 2.45) is 11.8 Å². The monoisotopic (exact) mass is 328 g/mol. The number of carbonyl (C=O) groups is 1. The highest BCUT2D eigenvalue weighted by Crippen LogP contribution is 2.52. The van der Waals surface area contributed by atoms with E-state index in [0.29, 0.717) is 6.61 Å². The molecule has 20 heavy (non-hydrogen) atoms. The molecule has 100 valence electrons. The largest absolute Gasteiger partial charge is 0.365 e. The van der Waals surface area contributed by atoms with Crippen molar-refractivity contribution in [2.75, 3.05) is 6.61 Å². The fourth-order valence-electron chi connectivity index (χ4n) is 3.52. The molecule has 0 bridgehead atoms. The van der Waals surface area contributed by atoms with Gasteiger partial charge in [-0.3, -0.25) is 4.79 Å². The zero-order valence-corrected chi connectivity index (χ0v) is 12.3. The molecule has 1 saturated heterocycles. The Morgan fingerprint density at radius 3 is 2.85 bits per heavy atom. The van der Waals surface area contributed by atoms with Crippen molar-refractivity contribution < 1.29 is 9.53 Å². The summed E-state index contributed by atoms with van der Waals surface area (Å²) in [6, 6.07) is 8.19. The lowest BCUT2D eigenvalue weighted by Gasteiger charge is -2.37. The van der Waals surface area contributed by atoms with Gasteiger partial charge in [0.2, 0.25) is 0 Å². The Morgan fingerprint density at radius 2 is 2.05 bits per heavy atom. The average Bonchev–Trinajstić information content (AvgIpc) is 2.86. The van der Waals surface area contributed by atoms with Crippen LogP contribution in [0.25, 0.3) is 0 Å². The highest BCUT2D eigenvalue weighted by atomic mass is 79.9. The van der Waals surface area contributed by atoms with Crippen LogP contribution in [0.5, 0.6) is 0 Å². The smallest absolute Gasteiger partial charge is 0.182 e. The maximum atomic E-state index is 12.1. The lowest BCUT2D eigenvalue weighted by molar-refractivity contribution is -0.113. The number of rotatable bonds is 1. The molecular weight excluding hydrogens is 316 g/mol. The van der Waals surface area contributed by atoms with Gasteiger partial charge in [-0.15, -0.1) is 0 Å². The van der Waals surface area contributed by atoms with Gasteiger partial charge in [-0.2, -0.15) is 0 Å². The third-order valence-electron chi connectivity index (χ3n) is 4.44.